The Hall–Kier alpha value is -1.95. The summed E-state index contributed by atoms with van der Waals surface area (Å²) in [5.74, 6) is -0.165. The van der Waals surface area contributed by atoms with Crippen LogP contribution in [0.25, 0.3) is 0 Å². The number of nitrogens with one attached hydrogen (secondary N) is 1. The molecule has 1 amide bonds. The lowest BCUT2D eigenvalue weighted by atomic mass is 9.91. The third-order valence-electron chi connectivity index (χ3n) is 3.96. The molecule has 0 saturated heterocycles. The van der Waals surface area contributed by atoms with Crippen molar-refractivity contribution in [2.75, 3.05) is 6.61 Å². The van der Waals surface area contributed by atoms with Crippen LogP contribution in [0, 0.1) is 0 Å². The summed E-state index contributed by atoms with van der Waals surface area (Å²) in [4.78, 5) is 23.8. The van der Waals surface area contributed by atoms with Crippen molar-refractivity contribution < 1.29 is 23.5 Å². The number of Topliss-reactive ketones (excluding diaryl/α,β-unsaturated/α-hetero) is 1. The second-order valence-corrected chi connectivity index (χ2v) is 7.31. The number of amides is 1. The molecule has 0 spiro atoms. The van der Waals surface area contributed by atoms with Gasteiger partial charge in [-0.2, -0.15) is 0 Å². The van der Waals surface area contributed by atoms with Crippen LogP contribution < -0.4 is 5.32 Å². The fourth-order valence-corrected chi connectivity index (χ4v) is 2.77. The van der Waals surface area contributed by atoms with Crippen LogP contribution in [-0.4, -0.2) is 42.4 Å². The predicted octanol–water partition coefficient (Wildman–Crippen LogP) is 3.67. The van der Waals surface area contributed by atoms with Crippen molar-refractivity contribution in [3.05, 3.63) is 35.9 Å². The minimum Gasteiger partial charge on any atom is -0.444 e. The summed E-state index contributed by atoms with van der Waals surface area (Å²) in [7, 11) is 0. The van der Waals surface area contributed by atoms with E-state index in [-0.39, 0.29) is 24.9 Å². The van der Waals surface area contributed by atoms with E-state index >= 15 is 0 Å². The molecule has 5 nitrogen and oxygen atoms in total. The van der Waals surface area contributed by atoms with Gasteiger partial charge in [0.05, 0.1) is 6.10 Å². The standard InChI is InChI=1S/C19H26FNO4/c1-19(2,3)25-18(23)21-14-9-10-17(15(20)11-14)24-12-16(22)13-7-5-4-6-8-13/h4-8,14-15,17H,9-12H2,1-3H3,(H,21,23). The summed E-state index contributed by atoms with van der Waals surface area (Å²) < 4.78 is 25.0. The lowest BCUT2D eigenvalue weighted by molar-refractivity contribution is -0.0250. The van der Waals surface area contributed by atoms with Crippen molar-refractivity contribution in [2.24, 2.45) is 0 Å². The first-order valence-corrected chi connectivity index (χ1v) is 8.58. The molecule has 25 heavy (non-hydrogen) atoms. The second-order valence-electron chi connectivity index (χ2n) is 7.31. The van der Waals surface area contributed by atoms with Crippen molar-refractivity contribution in [3.63, 3.8) is 0 Å². The molecule has 0 heterocycles. The fourth-order valence-electron chi connectivity index (χ4n) is 2.77. The molecule has 0 radical (unpaired) electrons. The van der Waals surface area contributed by atoms with Crippen LogP contribution in [0.4, 0.5) is 9.18 Å². The van der Waals surface area contributed by atoms with E-state index in [4.69, 9.17) is 9.47 Å². The quantitative estimate of drug-likeness (QED) is 0.822. The van der Waals surface area contributed by atoms with E-state index in [2.05, 4.69) is 5.32 Å². The summed E-state index contributed by atoms with van der Waals surface area (Å²) >= 11 is 0. The van der Waals surface area contributed by atoms with E-state index in [0.29, 0.717) is 18.4 Å². The Labute approximate surface area is 147 Å². The number of carbonyl (C=O) groups excluding carboxylic acids is 2. The second kappa shape index (κ2) is 8.43. The maximum Gasteiger partial charge on any atom is 0.407 e. The first-order chi connectivity index (χ1) is 11.7. The summed E-state index contributed by atoms with van der Waals surface area (Å²) in [6.45, 7) is 5.19. The first-order valence-electron chi connectivity index (χ1n) is 8.58. The highest BCUT2D eigenvalue weighted by Crippen LogP contribution is 2.25. The van der Waals surface area contributed by atoms with Gasteiger partial charge < -0.3 is 14.8 Å². The average Bonchev–Trinajstić information content (AvgIpc) is 2.52. The van der Waals surface area contributed by atoms with E-state index in [0.717, 1.165) is 0 Å². The van der Waals surface area contributed by atoms with Gasteiger partial charge in [-0.3, -0.25) is 4.79 Å². The Balaban J connectivity index is 1.76. The Morgan fingerprint density at radius 2 is 1.88 bits per heavy atom. The van der Waals surface area contributed by atoms with Crippen molar-refractivity contribution in [1.29, 1.82) is 0 Å². The minimum atomic E-state index is -1.22. The monoisotopic (exact) mass is 351 g/mol. The third kappa shape index (κ3) is 6.46. The van der Waals surface area contributed by atoms with Crippen LogP contribution in [0.1, 0.15) is 50.4 Å². The molecule has 3 atom stereocenters. The summed E-state index contributed by atoms with van der Waals surface area (Å²) in [5, 5.41) is 2.69. The molecule has 6 heteroatoms. The van der Waals surface area contributed by atoms with Gasteiger partial charge in [0.1, 0.15) is 18.4 Å². The molecule has 1 N–H and O–H groups in total. The smallest absolute Gasteiger partial charge is 0.407 e. The number of benzene rings is 1. The molecule has 1 saturated carbocycles. The molecule has 1 aromatic carbocycles. The van der Waals surface area contributed by atoms with Crippen LogP contribution in [0.2, 0.25) is 0 Å². The summed E-state index contributed by atoms with van der Waals surface area (Å²) in [5.41, 5.74) is -0.0321. The molecule has 0 aromatic heterocycles. The van der Waals surface area contributed by atoms with Crippen LogP contribution in [-0.2, 0) is 9.47 Å². The van der Waals surface area contributed by atoms with Crippen molar-refractivity contribution in [1.82, 2.24) is 5.32 Å². The number of rotatable bonds is 5. The number of halogens is 1. The van der Waals surface area contributed by atoms with Crippen LogP contribution >= 0.6 is 0 Å². The maximum absolute atomic E-state index is 14.3. The zero-order valence-electron chi connectivity index (χ0n) is 15.0. The van der Waals surface area contributed by atoms with Gasteiger partial charge in [0.2, 0.25) is 0 Å². The van der Waals surface area contributed by atoms with Gasteiger partial charge in [-0.05, 0) is 33.6 Å². The summed E-state index contributed by atoms with van der Waals surface area (Å²) in [6, 6.07) is 8.51. The molecule has 3 unspecified atom stereocenters. The van der Waals surface area contributed by atoms with Gasteiger partial charge in [0.15, 0.2) is 5.78 Å². The normalized spacial score (nSPS) is 23.8. The molecule has 1 aliphatic carbocycles. The van der Waals surface area contributed by atoms with E-state index in [9.17, 15) is 14.0 Å². The van der Waals surface area contributed by atoms with Crippen LogP contribution in [0.5, 0.6) is 0 Å². The van der Waals surface area contributed by atoms with Gasteiger partial charge in [-0.25, -0.2) is 9.18 Å². The van der Waals surface area contributed by atoms with Gasteiger partial charge in [0.25, 0.3) is 0 Å². The highest BCUT2D eigenvalue weighted by Gasteiger charge is 2.33. The van der Waals surface area contributed by atoms with Gasteiger partial charge in [0, 0.05) is 18.0 Å². The maximum atomic E-state index is 14.3. The predicted molar refractivity (Wildman–Crippen MR) is 92.4 cm³/mol. The van der Waals surface area contributed by atoms with Gasteiger partial charge in [-0.1, -0.05) is 30.3 Å². The minimum absolute atomic E-state index is 0.140. The zero-order valence-corrected chi connectivity index (χ0v) is 15.0. The Kier molecular flexibility index (Phi) is 6.53. The van der Waals surface area contributed by atoms with E-state index < -0.39 is 24.0 Å². The fraction of sp³-hybridized carbons (Fsp3) is 0.579. The zero-order chi connectivity index (χ0) is 18.4. The Morgan fingerprint density at radius 3 is 2.48 bits per heavy atom. The number of ketones is 1. The number of hydrogen-bond acceptors (Lipinski definition) is 4. The van der Waals surface area contributed by atoms with Gasteiger partial charge in [-0.15, -0.1) is 0 Å². The van der Waals surface area contributed by atoms with Crippen molar-refractivity contribution in [3.8, 4) is 0 Å². The van der Waals surface area contributed by atoms with Crippen LogP contribution in [0.15, 0.2) is 30.3 Å². The topological polar surface area (TPSA) is 64.6 Å². The SMILES string of the molecule is CC(C)(C)OC(=O)NC1CCC(OCC(=O)c2ccccc2)C(F)C1. The van der Waals surface area contributed by atoms with E-state index in [1.807, 2.05) is 6.07 Å². The molecule has 2 rings (SSSR count). The van der Waals surface area contributed by atoms with Crippen molar-refractivity contribution >= 4 is 11.9 Å². The number of carbonyl (C=O) groups is 2. The first kappa shape index (κ1) is 19.4. The van der Waals surface area contributed by atoms with E-state index in [1.165, 1.54) is 0 Å². The molecule has 1 fully saturated rings. The highest BCUT2D eigenvalue weighted by molar-refractivity contribution is 5.97. The molecule has 138 valence electrons. The number of hydrogen-bond donors (Lipinski definition) is 1. The molecule has 0 aliphatic heterocycles. The average molecular weight is 351 g/mol. The molecular weight excluding hydrogens is 325 g/mol. The largest absolute Gasteiger partial charge is 0.444 e. The van der Waals surface area contributed by atoms with Crippen LogP contribution in [0.3, 0.4) is 0 Å². The number of ether oxygens (including phenoxy) is 2. The Morgan fingerprint density at radius 1 is 1.20 bits per heavy atom. The lowest BCUT2D eigenvalue weighted by Crippen LogP contribution is -2.46. The molecule has 1 aromatic rings. The third-order valence-corrected chi connectivity index (χ3v) is 3.96. The summed E-state index contributed by atoms with van der Waals surface area (Å²) in [6.07, 6.45) is -1.19. The molecule has 1 aliphatic rings. The van der Waals surface area contributed by atoms with Gasteiger partial charge >= 0.3 is 6.09 Å². The lowest BCUT2D eigenvalue weighted by Gasteiger charge is -2.32. The number of alkyl halides is 1. The molecular formula is C19H26FNO4. The highest BCUT2D eigenvalue weighted by atomic mass is 19.1. The number of alkyl carbamates (subject to hydrolysis) is 1. The Bertz CT molecular complexity index is 585. The van der Waals surface area contributed by atoms with E-state index in [1.54, 1.807) is 45.0 Å². The van der Waals surface area contributed by atoms with Crippen molar-refractivity contribution in [2.45, 2.75) is 64.0 Å². The molecule has 0 bridgehead atoms.